The van der Waals surface area contributed by atoms with Gasteiger partial charge in [0.15, 0.2) is 15.6 Å². The van der Waals surface area contributed by atoms with Gasteiger partial charge in [-0.15, -0.1) is 0 Å². The molecule has 2 aromatic heterocycles. The Morgan fingerprint density at radius 1 is 1.17 bits per heavy atom. The van der Waals surface area contributed by atoms with E-state index in [0.29, 0.717) is 34.1 Å². The number of nitrogens with zero attached hydrogens (tertiary/aromatic N) is 3. The Balaban J connectivity index is 2.10. The summed E-state index contributed by atoms with van der Waals surface area (Å²) in [7, 11) is -1.70. The SMILES string of the molecule is CCCS(=O)(=O)Cc1cc(-c2ccc(=O)n(C)c2)nc(Oc2c(C)cccc2Cl)n1. The van der Waals surface area contributed by atoms with Crippen molar-refractivity contribution in [1.82, 2.24) is 14.5 Å². The highest BCUT2D eigenvalue weighted by molar-refractivity contribution is 7.90. The summed E-state index contributed by atoms with van der Waals surface area (Å²) in [6.45, 7) is 3.65. The third-order valence-electron chi connectivity index (χ3n) is 4.38. The summed E-state index contributed by atoms with van der Waals surface area (Å²) in [5.74, 6) is 0.227. The second-order valence-electron chi connectivity index (χ2n) is 6.97. The van der Waals surface area contributed by atoms with Crippen LogP contribution in [0.2, 0.25) is 5.02 Å². The van der Waals surface area contributed by atoms with Crippen molar-refractivity contribution in [3.8, 4) is 23.0 Å². The van der Waals surface area contributed by atoms with Crippen molar-refractivity contribution in [3.05, 3.63) is 69.2 Å². The smallest absolute Gasteiger partial charge is 0.322 e. The summed E-state index contributed by atoms with van der Waals surface area (Å²) in [4.78, 5) is 20.5. The molecule has 0 aliphatic carbocycles. The molecule has 30 heavy (non-hydrogen) atoms. The van der Waals surface area contributed by atoms with Gasteiger partial charge in [0, 0.05) is 24.9 Å². The first-order valence-corrected chi connectivity index (χ1v) is 11.6. The van der Waals surface area contributed by atoms with Gasteiger partial charge in [0.2, 0.25) is 5.56 Å². The van der Waals surface area contributed by atoms with Crippen molar-refractivity contribution in [2.24, 2.45) is 7.05 Å². The molecular weight excluding hydrogens is 426 g/mol. The van der Waals surface area contributed by atoms with Crippen molar-refractivity contribution in [1.29, 1.82) is 0 Å². The van der Waals surface area contributed by atoms with Gasteiger partial charge in [0.1, 0.15) is 0 Å². The van der Waals surface area contributed by atoms with Crippen LogP contribution >= 0.6 is 11.6 Å². The lowest BCUT2D eigenvalue weighted by molar-refractivity contribution is 0.438. The number of ether oxygens (including phenoxy) is 1. The third-order valence-corrected chi connectivity index (χ3v) is 6.44. The van der Waals surface area contributed by atoms with Crippen molar-refractivity contribution >= 4 is 21.4 Å². The molecule has 0 aliphatic heterocycles. The average molecular weight is 448 g/mol. The molecule has 0 N–H and O–H groups in total. The highest BCUT2D eigenvalue weighted by Crippen LogP contribution is 2.32. The van der Waals surface area contributed by atoms with Crippen LogP contribution < -0.4 is 10.3 Å². The van der Waals surface area contributed by atoms with E-state index in [1.54, 1.807) is 37.5 Å². The molecular formula is C21H22ClN3O4S. The fourth-order valence-corrected chi connectivity index (χ4v) is 4.56. The Morgan fingerprint density at radius 3 is 2.60 bits per heavy atom. The first-order valence-electron chi connectivity index (χ1n) is 9.37. The molecule has 0 unspecified atom stereocenters. The van der Waals surface area contributed by atoms with Crippen LogP contribution in [0.3, 0.4) is 0 Å². The zero-order chi connectivity index (χ0) is 21.9. The molecule has 2 heterocycles. The molecule has 0 amide bonds. The van der Waals surface area contributed by atoms with E-state index in [9.17, 15) is 13.2 Å². The van der Waals surface area contributed by atoms with Gasteiger partial charge >= 0.3 is 6.01 Å². The van der Waals surface area contributed by atoms with Crippen molar-refractivity contribution in [3.63, 3.8) is 0 Å². The Labute approximate surface area is 180 Å². The lowest BCUT2D eigenvalue weighted by Crippen LogP contribution is -2.14. The van der Waals surface area contributed by atoms with E-state index >= 15 is 0 Å². The standard InChI is InChI=1S/C21H22ClN3O4S/c1-4-10-30(27,28)13-16-11-18(15-8-9-19(26)25(3)12-15)24-21(23-16)29-20-14(2)6-5-7-17(20)22/h5-9,11-12H,4,10,13H2,1-3H3. The minimum atomic E-state index is -3.33. The fourth-order valence-electron chi connectivity index (χ4n) is 2.93. The first kappa shape index (κ1) is 22.0. The highest BCUT2D eigenvalue weighted by atomic mass is 35.5. The van der Waals surface area contributed by atoms with E-state index in [-0.39, 0.29) is 23.1 Å². The van der Waals surface area contributed by atoms with Gasteiger partial charge in [-0.2, -0.15) is 9.97 Å². The number of aromatic nitrogens is 3. The average Bonchev–Trinajstić information content (AvgIpc) is 2.66. The third kappa shape index (κ3) is 5.25. The van der Waals surface area contributed by atoms with E-state index in [2.05, 4.69) is 9.97 Å². The van der Waals surface area contributed by atoms with E-state index in [4.69, 9.17) is 16.3 Å². The maximum atomic E-state index is 12.4. The molecule has 0 aliphatic rings. The molecule has 3 rings (SSSR count). The Morgan fingerprint density at radius 2 is 1.93 bits per heavy atom. The van der Waals surface area contributed by atoms with Gasteiger partial charge < -0.3 is 9.30 Å². The number of aryl methyl sites for hydroxylation is 2. The van der Waals surface area contributed by atoms with Crippen LogP contribution in [0.4, 0.5) is 0 Å². The molecule has 158 valence electrons. The lowest BCUT2D eigenvalue weighted by atomic mass is 10.2. The van der Waals surface area contributed by atoms with Gasteiger partial charge in [-0.05, 0) is 37.1 Å². The highest BCUT2D eigenvalue weighted by Gasteiger charge is 2.17. The molecule has 0 fully saturated rings. The normalized spacial score (nSPS) is 11.5. The molecule has 0 saturated heterocycles. The second kappa shape index (κ2) is 8.97. The minimum Gasteiger partial charge on any atom is -0.422 e. The molecule has 1 aromatic carbocycles. The maximum Gasteiger partial charge on any atom is 0.322 e. The number of rotatable bonds is 7. The van der Waals surface area contributed by atoms with Crippen molar-refractivity contribution < 1.29 is 13.2 Å². The van der Waals surface area contributed by atoms with Crippen LogP contribution in [0.25, 0.3) is 11.3 Å². The summed E-state index contributed by atoms with van der Waals surface area (Å²) < 4.78 is 32.0. The molecule has 7 nitrogen and oxygen atoms in total. The maximum absolute atomic E-state index is 12.4. The summed E-state index contributed by atoms with van der Waals surface area (Å²) in [5, 5.41) is 0.395. The summed E-state index contributed by atoms with van der Waals surface area (Å²) in [6.07, 6.45) is 2.14. The van der Waals surface area contributed by atoms with E-state index < -0.39 is 9.84 Å². The van der Waals surface area contributed by atoms with Gasteiger partial charge in [-0.1, -0.05) is 30.7 Å². The van der Waals surface area contributed by atoms with Gasteiger partial charge in [-0.3, -0.25) is 4.79 Å². The van der Waals surface area contributed by atoms with Crippen molar-refractivity contribution in [2.75, 3.05) is 5.75 Å². The molecule has 0 saturated carbocycles. The van der Waals surface area contributed by atoms with Gasteiger partial charge in [-0.25, -0.2) is 8.42 Å². The molecule has 3 aromatic rings. The predicted octanol–water partition coefficient (Wildman–Crippen LogP) is 3.92. The summed E-state index contributed by atoms with van der Waals surface area (Å²) in [6, 6.07) is 9.95. The number of benzene rings is 1. The van der Waals surface area contributed by atoms with Crippen LogP contribution in [0, 0.1) is 6.92 Å². The summed E-state index contributed by atoms with van der Waals surface area (Å²) in [5.41, 5.74) is 2.01. The van der Waals surface area contributed by atoms with Gasteiger partial charge in [0.05, 0.1) is 27.9 Å². The number of para-hydroxylation sites is 1. The van der Waals surface area contributed by atoms with E-state index in [1.165, 1.54) is 10.6 Å². The van der Waals surface area contributed by atoms with Crippen LogP contribution in [0.5, 0.6) is 11.8 Å². The zero-order valence-corrected chi connectivity index (χ0v) is 18.5. The van der Waals surface area contributed by atoms with Gasteiger partial charge in [0.25, 0.3) is 0 Å². The fraction of sp³-hybridized carbons (Fsp3) is 0.286. The van der Waals surface area contributed by atoms with E-state index in [1.807, 2.05) is 19.9 Å². The van der Waals surface area contributed by atoms with Crippen molar-refractivity contribution in [2.45, 2.75) is 26.0 Å². The molecule has 0 spiro atoms. The molecule has 0 bridgehead atoms. The number of pyridine rings is 1. The van der Waals surface area contributed by atoms with E-state index in [0.717, 1.165) is 5.56 Å². The quantitative estimate of drug-likeness (QED) is 0.545. The molecule has 9 heteroatoms. The monoisotopic (exact) mass is 447 g/mol. The van der Waals surface area contributed by atoms with Crippen LogP contribution in [0.1, 0.15) is 24.6 Å². The lowest BCUT2D eigenvalue weighted by Gasteiger charge is -2.12. The minimum absolute atomic E-state index is 0.0146. The number of sulfone groups is 1. The summed E-state index contributed by atoms with van der Waals surface area (Å²) >= 11 is 6.25. The number of halogens is 1. The molecule has 0 radical (unpaired) electrons. The Kier molecular flexibility index (Phi) is 6.58. The molecule has 0 atom stereocenters. The first-order chi connectivity index (χ1) is 14.2. The van der Waals surface area contributed by atoms with Crippen LogP contribution in [-0.2, 0) is 22.6 Å². The van der Waals surface area contributed by atoms with Crippen LogP contribution in [-0.4, -0.2) is 28.7 Å². The second-order valence-corrected chi connectivity index (χ2v) is 9.57. The predicted molar refractivity (Wildman–Crippen MR) is 117 cm³/mol. The zero-order valence-electron chi connectivity index (χ0n) is 16.9. The Bertz CT molecular complexity index is 1220. The van der Waals surface area contributed by atoms with Crippen LogP contribution in [0.15, 0.2) is 47.4 Å². The largest absolute Gasteiger partial charge is 0.422 e. The number of hydrogen-bond acceptors (Lipinski definition) is 6. The number of hydrogen-bond donors (Lipinski definition) is 0. The Hall–Kier alpha value is -2.71. The topological polar surface area (TPSA) is 91.2 Å².